The van der Waals surface area contributed by atoms with E-state index in [0.29, 0.717) is 0 Å². The fourth-order valence-corrected chi connectivity index (χ4v) is 4.18. The molecule has 17 heavy (non-hydrogen) atoms. The molecule has 2 saturated carbocycles. The first-order valence-corrected chi connectivity index (χ1v) is 8.06. The molecule has 1 nitrogen and oxygen atoms in total. The van der Waals surface area contributed by atoms with Gasteiger partial charge in [0.25, 0.3) is 0 Å². The molecule has 0 aliphatic heterocycles. The molecule has 100 valence electrons. The third-order valence-electron chi connectivity index (χ3n) is 5.18. The molecule has 3 unspecified atom stereocenters. The van der Waals surface area contributed by atoms with E-state index in [1.807, 2.05) is 0 Å². The van der Waals surface area contributed by atoms with Gasteiger partial charge in [0.05, 0.1) is 0 Å². The molecule has 2 aliphatic carbocycles. The summed E-state index contributed by atoms with van der Waals surface area (Å²) in [6.07, 6.45) is 13.1. The van der Waals surface area contributed by atoms with Crippen molar-refractivity contribution < 1.29 is 0 Å². The molecule has 0 aromatic heterocycles. The molecule has 1 N–H and O–H groups in total. The van der Waals surface area contributed by atoms with Gasteiger partial charge in [0.2, 0.25) is 0 Å². The van der Waals surface area contributed by atoms with Crippen molar-refractivity contribution in [2.75, 3.05) is 6.54 Å². The van der Waals surface area contributed by atoms with Crippen LogP contribution in [0, 0.1) is 17.8 Å². The predicted molar refractivity (Wildman–Crippen MR) is 75.2 cm³/mol. The second kappa shape index (κ2) is 6.78. The van der Waals surface area contributed by atoms with E-state index < -0.39 is 0 Å². The van der Waals surface area contributed by atoms with Crippen molar-refractivity contribution in [1.29, 1.82) is 0 Å². The van der Waals surface area contributed by atoms with Gasteiger partial charge in [-0.05, 0) is 50.0 Å². The Morgan fingerprint density at radius 1 is 1.00 bits per heavy atom. The smallest absolute Gasteiger partial charge is 0.0126 e. The van der Waals surface area contributed by atoms with Crippen LogP contribution in [0.1, 0.15) is 71.6 Å². The van der Waals surface area contributed by atoms with Crippen LogP contribution in [0.15, 0.2) is 0 Å². The van der Waals surface area contributed by atoms with Gasteiger partial charge >= 0.3 is 0 Å². The van der Waals surface area contributed by atoms with Crippen LogP contribution in [-0.4, -0.2) is 12.6 Å². The van der Waals surface area contributed by atoms with Gasteiger partial charge in [-0.2, -0.15) is 0 Å². The van der Waals surface area contributed by atoms with Gasteiger partial charge < -0.3 is 5.32 Å². The average molecular weight is 237 g/mol. The highest BCUT2D eigenvalue weighted by Crippen LogP contribution is 2.39. The average Bonchev–Trinajstić information content (AvgIpc) is 2.78. The summed E-state index contributed by atoms with van der Waals surface area (Å²) in [4.78, 5) is 0. The van der Waals surface area contributed by atoms with Gasteiger partial charge in [0.15, 0.2) is 0 Å². The normalized spacial score (nSPS) is 32.8. The highest BCUT2D eigenvalue weighted by molar-refractivity contribution is 4.90. The monoisotopic (exact) mass is 237 g/mol. The fraction of sp³-hybridized carbons (Fsp3) is 1.00. The van der Waals surface area contributed by atoms with Crippen molar-refractivity contribution >= 4 is 0 Å². The van der Waals surface area contributed by atoms with Crippen LogP contribution in [0.4, 0.5) is 0 Å². The molecule has 1 heteroatoms. The highest BCUT2D eigenvalue weighted by Gasteiger charge is 2.35. The third kappa shape index (κ3) is 3.47. The molecule has 0 amide bonds. The number of rotatable bonds is 5. The molecule has 0 radical (unpaired) electrons. The molecule has 0 saturated heterocycles. The van der Waals surface area contributed by atoms with Crippen molar-refractivity contribution in [2.45, 2.75) is 77.7 Å². The fourth-order valence-electron chi connectivity index (χ4n) is 4.18. The van der Waals surface area contributed by atoms with E-state index in [-0.39, 0.29) is 0 Å². The van der Waals surface area contributed by atoms with E-state index in [0.717, 1.165) is 23.8 Å². The third-order valence-corrected chi connectivity index (χ3v) is 5.18. The molecule has 0 bridgehead atoms. The summed E-state index contributed by atoms with van der Waals surface area (Å²) < 4.78 is 0. The number of hydrogen-bond donors (Lipinski definition) is 1. The second-order valence-electron chi connectivity index (χ2n) is 6.45. The minimum atomic E-state index is 0.841. The zero-order valence-electron chi connectivity index (χ0n) is 11.9. The first-order chi connectivity index (χ1) is 8.33. The van der Waals surface area contributed by atoms with E-state index in [4.69, 9.17) is 0 Å². The van der Waals surface area contributed by atoms with Crippen LogP contribution in [0.3, 0.4) is 0 Å². The zero-order chi connectivity index (χ0) is 12.1. The van der Waals surface area contributed by atoms with Crippen molar-refractivity contribution in [2.24, 2.45) is 17.8 Å². The van der Waals surface area contributed by atoms with Crippen molar-refractivity contribution in [3.05, 3.63) is 0 Å². The van der Waals surface area contributed by atoms with E-state index in [2.05, 4.69) is 19.2 Å². The minimum absolute atomic E-state index is 0.841. The van der Waals surface area contributed by atoms with Crippen LogP contribution >= 0.6 is 0 Å². The summed E-state index contributed by atoms with van der Waals surface area (Å²) in [5.41, 5.74) is 0. The summed E-state index contributed by atoms with van der Waals surface area (Å²) in [5.74, 6) is 2.93. The number of nitrogens with one attached hydrogen (secondary N) is 1. The maximum Gasteiger partial charge on any atom is 0.0126 e. The Hall–Kier alpha value is -0.0400. The first kappa shape index (κ1) is 13.4. The summed E-state index contributed by atoms with van der Waals surface area (Å²) in [5, 5.41) is 3.91. The van der Waals surface area contributed by atoms with Gasteiger partial charge in [-0.1, -0.05) is 46.0 Å². The Bertz CT molecular complexity index is 208. The Kier molecular flexibility index (Phi) is 5.34. The molecule has 0 aromatic carbocycles. The SMILES string of the molecule is CCCNC(C1CCCCC1)C1CCCC1C. The van der Waals surface area contributed by atoms with E-state index in [1.165, 1.54) is 64.3 Å². The largest absolute Gasteiger partial charge is 0.313 e. The summed E-state index contributed by atoms with van der Waals surface area (Å²) in [7, 11) is 0. The van der Waals surface area contributed by atoms with Crippen LogP contribution in [0.5, 0.6) is 0 Å². The standard InChI is InChI=1S/C16H31N/c1-3-12-17-16(14-9-5-4-6-10-14)15-11-7-8-13(15)2/h13-17H,3-12H2,1-2H3. The molecule has 3 atom stereocenters. The molecule has 2 rings (SSSR count). The first-order valence-electron chi connectivity index (χ1n) is 8.06. The second-order valence-corrected chi connectivity index (χ2v) is 6.45. The van der Waals surface area contributed by atoms with Gasteiger partial charge in [0, 0.05) is 6.04 Å². The van der Waals surface area contributed by atoms with Gasteiger partial charge in [-0.15, -0.1) is 0 Å². The number of hydrogen-bond acceptors (Lipinski definition) is 1. The lowest BCUT2D eigenvalue weighted by Crippen LogP contribution is -2.44. The van der Waals surface area contributed by atoms with Crippen molar-refractivity contribution in [1.82, 2.24) is 5.32 Å². The van der Waals surface area contributed by atoms with E-state index in [1.54, 1.807) is 0 Å². The molecule has 0 heterocycles. The zero-order valence-corrected chi connectivity index (χ0v) is 11.9. The van der Waals surface area contributed by atoms with Gasteiger partial charge in [-0.3, -0.25) is 0 Å². The lowest BCUT2D eigenvalue weighted by atomic mass is 9.75. The summed E-state index contributed by atoms with van der Waals surface area (Å²) in [6.45, 7) is 6.01. The molecule has 2 aliphatic rings. The van der Waals surface area contributed by atoms with Gasteiger partial charge in [-0.25, -0.2) is 0 Å². The maximum atomic E-state index is 3.91. The lowest BCUT2D eigenvalue weighted by molar-refractivity contribution is 0.182. The van der Waals surface area contributed by atoms with Gasteiger partial charge in [0.1, 0.15) is 0 Å². The summed E-state index contributed by atoms with van der Waals surface area (Å²) >= 11 is 0. The van der Waals surface area contributed by atoms with E-state index in [9.17, 15) is 0 Å². The van der Waals surface area contributed by atoms with Crippen LogP contribution in [0.25, 0.3) is 0 Å². The molecular weight excluding hydrogens is 206 g/mol. The topological polar surface area (TPSA) is 12.0 Å². The van der Waals surface area contributed by atoms with Crippen LogP contribution in [0.2, 0.25) is 0 Å². The van der Waals surface area contributed by atoms with Crippen LogP contribution in [-0.2, 0) is 0 Å². The Morgan fingerprint density at radius 2 is 1.76 bits per heavy atom. The predicted octanol–water partition coefficient (Wildman–Crippen LogP) is 4.37. The minimum Gasteiger partial charge on any atom is -0.313 e. The highest BCUT2D eigenvalue weighted by atomic mass is 14.9. The molecule has 0 aromatic rings. The molecular formula is C16H31N. The quantitative estimate of drug-likeness (QED) is 0.748. The maximum absolute atomic E-state index is 3.91. The Morgan fingerprint density at radius 3 is 2.35 bits per heavy atom. The molecule has 0 spiro atoms. The van der Waals surface area contributed by atoms with Crippen molar-refractivity contribution in [3.63, 3.8) is 0 Å². The lowest BCUT2D eigenvalue weighted by Gasteiger charge is -2.37. The van der Waals surface area contributed by atoms with E-state index >= 15 is 0 Å². The Labute approximate surface area is 108 Å². The Balaban J connectivity index is 1.95. The van der Waals surface area contributed by atoms with Crippen molar-refractivity contribution in [3.8, 4) is 0 Å². The van der Waals surface area contributed by atoms with Crippen LogP contribution < -0.4 is 5.32 Å². The summed E-state index contributed by atoms with van der Waals surface area (Å²) in [6, 6.07) is 0.841. The molecule has 2 fully saturated rings.